The van der Waals surface area contributed by atoms with Crippen LogP contribution in [0.3, 0.4) is 0 Å². The van der Waals surface area contributed by atoms with Gasteiger partial charge in [-0.15, -0.1) is 0 Å². The van der Waals surface area contributed by atoms with Crippen LogP contribution in [0.4, 0.5) is 5.13 Å². The number of nitrogens with one attached hydrogen (secondary N) is 1. The number of thiazole rings is 1. The Balaban J connectivity index is 2.25. The molecule has 0 aliphatic carbocycles. The molecular formula is C12H14N4O2S. The van der Waals surface area contributed by atoms with E-state index >= 15 is 0 Å². The number of anilines is 1. The Bertz CT molecular complexity index is 637. The van der Waals surface area contributed by atoms with Crippen molar-refractivity contribution in [1.82, 2.24) is 14.8 Å². The topological polar surface area (TPSA) is 76.9 Å². The van der Waals surface area contributed by atoms with Crippen LogP contribution in [-0.2, 0) is 7.05 Å². The van der Waals surface area contributed by atoms with Gasteiger partial charge < -0.3 is 0 Å². The van der Waals surface area contributed by atoms with E-state index in [1.165, 1.54) is 22.9 Å². The van der Waals surface area contributed by atoms with E-state index in [2.05, 4.69) is 15.4 Å². The highest BCUT2D eigenvalue weighted by atomic mass is 32.1. The van der Waals surface area contributed by atoms with Gasteiger partial charge in [-0.1, -0.05) is 11.3 Å². The van der Waals surface area contributed by atoms with Crippen molar-refractivity contribution < 1.29 is 9.59 Å². The smallest absolute Gasteiger partial charge is 0.275 e. The van der Waals surface area contributed by atoms with Gasteiger partial charge in [-0.2, -0.15) is 5.10 Å². The third kappa shape index (κ3) is 2.55. The summed E-state index contributed by atoms with van der Waals surface area (Å²) in [5.74, 6) is -0.325. The third-order valence-electron chi connectivity index (χ3n) is 2.67. The fourth-order valence-corrected chi connectivity index (χ4v) is 2.66. The summed E-state index contributed by atoms with van der Waals surface area (Å²) in [6, 6.07) is 0. The van der Waals surface area contributed by atoms with Gasteiger partial charge in [0.15, 0.2) is 10.9 Å². The van der Waals surface area contributed by atoms with Crippen molar-refractivity contribution >= 4 is 28.2 Å². The number of rotatable bonds is 3. The molecule has 0 radical (unpaired) electrons. The van der Waals surface area contributed by atoms with Crippen LogP contribution in [0.15, 0.2) is 6.20 Å². The molecule has 0 aliphatic heterocycles. The molecule has 1 amide bonds. The number of aromatic nitrogens is 3. The Labute approximate surface area is 114 Å². The van der Waals surface area contributed by atoms with Gasteiger partial charge in [-0.05, 0) is 19.4 Å². The van der Waals surface area contributed by atoms with E-state index in [1.807, 2.05) is 6.92 Å². The summed E-state index contributed by atoms with van der Waals surface area (Å²) in [5, 5.41) is 7.14. The zero-order valence-electron chi connectivity index (χ0n) is 11.1. The molecule has 100 valence electrons. The number of amides is 1. The molecule has 0 bridgehead atoms. The lowest BCUT2D eigenvalue weighted by Crippen LogP contribution is -2.17. The van der Waals surface area contributed by atoms with E-state index in [0.717, 1.165) is 5.56 Å². The normalized spacial score (nSPS) is 10.5. The standard InChI is InChI=1S/C12H14N4O2S/c1-6-5-13-16(4)9(6)11(18)15-12-14-7(2)10(19-12)8(3)17/h5H,1-4H3,(H,14,15,18). The molecule has 7 heteroatoms. The molecule has 2 heterocycles. The lowest BCUT2D eigenvalue weighted by Gasteiger charge is -2.03. The van der Waals surface area contributed by atoms with Gasteiger partial charge in [0.2, 0.25) is 0 Å². The molecule has 6 nitrogen and oxygen atoms in total. The van der Waals surface area contributed by atoms with E-state index < -0.39 is 0 Å². The van der Waals surface area contributed by atoms with Gasteiger partial charge in [0.05, 0.1) is 16.8 Å². The summed E-state index contributed by atoms with van der Waals surface area (Å²) < 4.78 is 1.51. The van der Waals surface area contributed by atoms with E-state index in [4.69, 9.17) is 0 Å². The summed E-state index contributed by atoms with van der Waals surface area (Å²) in [5.41, 5.74) is 1.91. The van der Waals surface area contributed by atoms with Crippen LogP contribution in [0.2, 0.25) is 0 Å². The zero-order chi connectivity index (χ0) is 14.2. The third-order valence-corrected chi connectivity index (χ3v) is 3.85. The summed E-state index contributed by atoms with van der Waals surface area (Å²) in [7, 11) is 1.70. The molecule has 19 heavy (non-hydrogen) atoms. The van der Waals surface area contributed by atoms with E-state index in [1.54, 1.807) is 20.2 Å². The molecule has 0 saturated heterocycles. The van der Waals surface area contributed by atoms with Crippen LogP contribution in [-0.4, -0.2) is 26.5 Å². The van der Waals surface area contributed by atoms with Crippen molar-refractivity contribution in [2.24, 2.45) is 7.05 Å². The first-order valence-electron chi connectivity index (χ1n) is 5.68. The van der Waals surface area contributed by atoms with Crippen LogP contribution < -0.4 is 5.32 Å². The summed E-state index contributed by atoms with van der Waals surface area (Å²) in [6.07, 6.45) is 1.63. The Kier molecular flexibility index (Phi) is 3.48. The van der Waals surface area contributed by atoms with Gasteiger partial charge >= 0.3 is 0 Å². The summed E-state index contributed by atoms with van der Waals surface area (Å²) in [6.45, 7) is 5.05. The molecule has 0 saturated carbocycles. The van der Waals surface area contributed by atoms with Crippen LogP contribution >= 0.6 is 11.3 Å². The maximum Gasteiger partial charge on any atom is 0.275 e. The average Bonchev–Trinajstić information content (AvgIpc) is 2.82. The van der Waals surface area contributed by atoms with Crippen LogP contribution in [0, 0.1) is 13.8 Å². The first kappa shape index (κ1) is 13.4. The number of carbonyl (C=O) groups is 2. The molecule has 0 aliphatic rings. The number of nitrogens with zero attached hydrogens (tertiary/aromatic N) is 3. The number of Topliss-reactive ketones (excluding diaryl/α,β-unsaturated/α-hetero) is 1. The summed E-state index contributed by atoms with van der Waals surface area (Å²) >= 11 is 1.18. The van der Waals surface area contributed by atoms with Crippen molar-refractivity contribution in [1.29, 1.82) is 0 Å². The molecule has 1 N–H and O–H groups in total. The second kappa shape index (κ2) is 4.93. The molecule has 0 spiro atoms. The number of hydrogen-bond acceptors (Lipinski definition) is 5. The lowest BCUT2D eigenvalue weighted by atomic mass is 10.2. The second-order valence-corrected chi connectivity index (χ2v) is 5.24. The average molecular weight is 278 g/mol. The van der Waals surface area contributed by atoms with Crippen molar-refractivity contribution in [3.63, 3.8) is 0 Å². The van der Waals surface area contributed by atoms with Crippen molar-refractivity contribution in [3.8, 4) is 0 Å². The molecule has 2 aromatic rings. The van der Waals surface area contributed by atoms with Gasteiger partial charge in [0, 0.05) is 14.0 Å². The van der Waals surface area contributed by atoms with Crippen LogP contribution in [0.25, 0.3) is 0 Å². The number of ketones is 1. The van der Waals surface area contributed by atoms with Crippen LogP contribution in [0.5, 0.6) is 0 Å². The van der Waals surface area contributed by atoms with Crippen LogP contribution in [0.1, 0.15) is 38.3 Å². The number of hydrogen-bond donors (Lipinski definition) is 1. The minimum absolute atomic E-state index is 0.0489. The van der Waals surface area contributed by atoms with Gasteiger partial charge in [0.1, 0.15) is 5.69 Å². The predicted octanol–water partition coefficient (Wildman–Crippen LogP) is 1.95. The highest BCUT2D eigenvalue weighted by molar-refractivity contribution is 7.17. The molecular weight excluding hydrogens is 264 g/mol. The molecule has 0 aromatic carbocycles. The lowest BCUT2D eigenvalue weighted by molar-refractivity contribution is 0.101. The maximum absolute atomic E-state index is 12.1. The molecule has 0 fully saturated rings. The Morgan fingerprint density at radius 2 is 2.05 bits per heavy atom. The number of aryl methyl sites for hydroxylation is 3. The first-order chi connectivity index (χ1) is 8.90. The van der Waals surface area contributed by atoms with Gasteiger partial charge in [-0.25, -0.2) is 4.98 Å². The first-order valence-corrected chi connectivity index (χ1v) is 6.50. The zero-order valence-corrected chi connectivity index (χ0v) is 12.0. The van der Waals surface area contributed by atoms with Gasteiger partial charge in [-0.3, -0.25) is 19.6 Å². The molecule has 0 unspecified atom stereocenters. The highest BCUT2D eigenvalue weighted by Gasteiger charge is 2.17. The Morgan fingerprint density at radius 1 is 1.37 bits per heavy atom. The molecule has 2 rings (SSSR count). The number of carbonyl (C=O) groups excluding carboxylic acids is 2. The minimum Gasteiger partial charge on any atom is -0.296 e. The Morgan fingerprint density at radius 3 is 2.53 bits per heavy atom. The van der Waals surface area contributed by atoms with E-state index in [9.17, 15) is 9.59 Å². The SMILES string of the molecule is CC(=O)c1sc(NC(=O)c2c(C)cnn2C)nc1C. The van der Waals surface area contributed by atoms with E-state index in [0.29, 0.717) is 21.4 Å². The van der Waals surface area contributed by atoms with Gasteiger partial charge in [0.25, 0.3) is 5.91 Å². The fraction of sp³-hybridized carbons (Fsp3) is 0.333. The predicted molar refractivity (Wildman–Crippen MR) is 72.8 cm³/mol. The molecule has 2 aromatic heterocycles. The Hall–Kier alpha value is -2.02. The second-order valence-electron chi connectivity index (χ2n) is 4.24. The van der Waals surface area contributed by atoms with Crippen molar-refractivity contribution in [2.45, 2.75) is 20.8 Å². The van der Waals surface area contributed by atoms with Crippen molar-refractivity contribution in [3.05, 3.63) is 28.0 Å². The monoisotopic (exact) mass is 278 g/mol. The maximum atomic E-state index is 12.1. The minimum atomic E-state index is -0.277. The summed E-state index contributed by atoms with van der Waals surface area (Å²) in [4.78, 5) is 28.2. The fourth-order valence-electron chi connectivity index (χ4n) is 1.81. The quantitative estimate of drug-likeness (QED) is 0.870. The largest absolute Gasteiger partial charge is 0.296 e. The van der Waals surface area contributed by atoms with Crippen molar-refractivity contribution in [2.75, 3.05) is 5.32 Å². The molecule has 0 atom stereocenters. The van der Waals surface area contributed by atoms with E-state index in [-0.39, 0.29) is 11.7 Å². The highest BCUT2D eigenvalue weighted by Crippen LogP contribution is 2.23.